The zero-order valence-corrected chi connectivity index (χ0v) is 11.3. The smallest absolute Gasteiger partial charge is 0.118 e. The van der Waals surface area contributed by atoms with E-state index in [9.17, 15) is 0 Å². The van der Waals surface area contributed by atoms with Crippen LogP contribution >= 0.6 is 11.8 Å². The van der Waals surface area contributed by atoms with E-state index in [0.717, 1.165) is 12.3 Å². The second-order valence-electron chi connectivity index (χ2n) is 3.95. The van der Waals surface area contributed by atoms with Gasteiger partial charge in [-0.05, 0) is 30.9 Å². The van der Waals surface area contributed by atoms with E-state index in [2.05, 4.69) is 37.6 Å². The summed E-state index contributed by atoms with van der Waals surface area (Å²) in [6, 6.07) is 8.62. The van der Waals surface area contributed by atoms with Gasteiger partial charge in [0.2, 0.25) is 0 Å². The molecule has 1 rings (SSSR count). The van der Waals surface area contributed by atoms with Crippen LogP contribution in [0, 0.1) is 0 Å². The zero-order valence-electron chi connectivity index (χ0n) is 10.5. The quantitative estimate of drug-likeness (QED) is 0.824. The molecule has 0 saturated heterocycles. The maximum Gasteiger partial charge on any atom is 0.118 e. The highest BCUT2D eigenvalue weighted by Crippen LogP contribution is 2.17. The summed E-state index contributed by atoms with van der Waals surface area (Å²) in [7, 11) is 1.69. The Morgan fingerprint density at radius 1 is 1.25 bits per heavy atom. The van der Waals surface area contributed by atoms with Crippen LogP contribution in [-0.2, 0) is 0 Å². The van der Waals surface area contributed by atoms with Crippen molar-refractivity contribution in [1.29, 1.82) is 0 Å². The minimum atomic E-state index is 0.389. The third-order valence-corrected chi connectivity index (χ3v) is 3.70. The average Bonchev–Trinajstić information content (AvgIpc) is 2.35. The second kappa shape index (κ2) is 6.81. The molecule has 0 aliphatic carbocycles. The highest BCUT2D eigenvalue weighted by Gasteiger charge is 2.06. The number of rotatable bonds is 6. The van der Waals surface area contributed by atoms with Gasteiger partial charge in [0, 0.05) is 17.8 Å². The summed E-state index contributed by atoms with van der Waals surface area (Å²) >= 11 is 1.89. The lowest BCUT2D eigenvalue weighted by Crippen LogP contribution is -2.25. The van der Waals surface area contributed by atoms with Crippen molar-refractivity contribution in [3.05, 3.63) is 29.8 Å². The van der Waals surface area contributed by atoms with E-state index in [1.165, 1.54) is 5.56 Å². The predicted octanol–water partition coefficient (Wildman–Crippen LogP) is 3.10. The first-order valence-electron chi connectivity index (χ1n) is 5.57. The second-order valence-corrected chi connectivity index (χ2v) is 5.23. The third-order valence-electron chi connectivity index (χ3n) is 2.73. The van der Waals surface area contributed by atoms with Crippen LogP contribution in [0.25, 0.3) is 0 Å². The van der Waals surface area contributed by atoms with Crippen LogP contribution in [0.5, 0.6) is 5.75 Å². The van der Waals surface area contributed by atoms with Crippen molar-refractivity contribution in [2.45, 2.75) is 25.1 Å². The number of nitrogens with one attached hydrogen (secondary N) is 1. The Labute approximate surface area is 103 Å². The van der Waals surface area contributed by atoms with E-state index in [0.29, 0.717) is 11.3 Å². The molecule has 0 aliphatic rings. The molecule has 1 aromatic carbocycles. The van der Waals surface area contributed by atoms with Crippen molar-refractivity contribution < 1.29 is 4.74 Å². The maximum atomic E-state index is 5.14. The molecule has 2 atom stereocenters. The van der Waals surface area contributed by atoms with Crippen LogP contribution in [0.1, 0.15) is 25.5 Å². The summed E-state index contributed by atoms with van der Waals surface area (Å²) in [4.78, 5) is 0. The number of thioether (sulfide) groups is 1. The van der Waals surface area contributed by atoms with Gasteiger partial charge in [0.05, 0.1) is 7.11 Å². The summed E-state index contributed by atoms with van der Waals surface area (Å²) in [6.07, 6.45) is 2.14. The Kier molecular flexibility index (Phi) is 5.71. The van der Waals surface area contributed by atoms with Gasteiger partial charge in [0.15, 0.2) is 0 Å². The average molecular weight is 239 g/mol. The van der Waals surface area contributed by atoms with Gasteiger partial charge in [0.1, 0.15) is 5.75 Å². The van der Waals surface area contributed by atoms with Crippen molar-refractivity contribution in [2.24, 2.45) is 0 Å². The zero-order chi connectivity index (χ0) is 12.0. The molecule has 0 aromatic heterocycles. The van der Waals surface area contributed by atoms with Crippen LogP contribution in [0.3, 0.4) is 0 Å². The van der Waals surface area contributed by atoms with Crippen molar-refractivity contribution in [3.63, 3.8) is 0 Å². The fraction of sp³-hybridized carbons (Fsp3) is 0.538. The van der Waals surface area contributed by atoms with Gasteiger partial charge in [-0.1, -0.05) is 19.1 Å². The first kappa shape index (κ1) is 13.4. The molecule has 0 amide bonds. The normalized spacial score (nSPS) is 14.5. The van der Waals surface area contributed by atoms with Gasteiger partial charge in [-0.25, -0.2) is 0 Å². The molecule has 0 aliphatic heterocycles. The fourth-order valence-corrected chi connectivity index (χ4v) is 1.70. The van der Waals surface area contributed by atoms with Crippen LogP contribution in [0.4, 0.5) is 0 Å². The van der Waals surface area contributed by atoms with Gasteiger partial charge in [-0.2, -0.15) is 11.8 Å². The summed E-state index contributed by atoms with van der Waals surface area (Å²) in [5.41, 5.74) is 1.30. The summed E-state index contributed by atoms with van der Waals surface area (Å²) < 4.78 is 5.14. The van der Waals surface area contributed by atoms with Crippen LogP contribution < -0.4 is 10.1 Å². The van der Waals surface area contributed by atoms with Crippen molar-refractivity contribution >= 4 is 11.8 Å². The maximum absolute atomic E-state index is 5.14. The van der Waals surface area contributed by atoms with Crippen LogP contribution in [0.15, 0.2) is 24.3 Å². The molecule has 90 valence electrons. The molecule has 1 aromatic rings. The number of ether oxygens (including phenoxy) is 1. The van der Waals surface area contributed by atoms with E-state index in [4.69, 9.17) is 4.74 Å². The van der Waals surface area contributed by atoms with Gasteiger partial charge < -0.3 is 10.1 Å². The van der Waals surface area contributed by atoms with Crippen LogP contribution in [-0.4, -0.2) is 25.2 Å². The van der Waals surface area contributed by atoms with E-state index in [-0.39, 0.29) is 0 Å². The Morgan fingerprint density at radius 2 is 1.88 bits per heavy atom. The standard InChI is InChI=1S/C13H21NOS/c1-10(16-4)9-14-11(2)12-5-7-13(15-3)8-6-12/h5-8,10-11,14H,9H2,1-4H3. The topological polar surface area (TPSA) is 21.3 Å². The molecule has 0 bridgehead atoms. The molecule has 0 heterocycles. The monoisotopic (exact) mass is 239 g/mol. The Balaban J connectivity index is 2.49. The Morgan fingerprint density at radius 3 is 2.38 bits per heavy atom. The minimum absolute atomic E-state index is 0.389. The fourth-order valence-electron chi connectivity index (χ4n) is 1.44. The lowest BCUT2D eigenvalue weighted by molar-refractivity contribution is 0.414. The molecule has 16 heavy (non-hydrogen) atoms. The van der Waals surface area contributed by atoms with E-state index < -0.39 is 0 Å². The predicted molar refractivity (Wildman–Crippen MR) is 72.4 cm³/mol. The molecule has 3 heteroatoms. The minimum Gasteiger partial charge on any atom is -0.497 e. The van der Waals surface area contributed by atoms with Gasteiger partial charge in [-0.3, -0.25) is 0 Å². The molecule has 2 nitrogen and oxygen atoms in total. The van der Waals surface area contributed by atoms with E-state index >= 15 is 0 Å². The molecule has 1 N–H and O–H groups in total. The number of methoxy groups -OCH3 is 1. The first-order chi connectivity index (χ1) is 7.67. The highest BCUT2D eigenvalue weighted by atomic mass is 32.2. The molecule has 0 spiro atoms. The lowest BCUT2D eigenvalue weighted by Gasteiger charge is -2.17. The molecule has 0 fully saturated rings. The molecule has 2 unspecified atom stereocenters. The largest absolute Gasteiger partial charge is 0.497 e. The van der Waals surface area contributed by atoms with Crippen molar-refractivity contribution in [3.8, 4) is 5.75 Å². The Hall–Kier alpha value is -0.670. The SMILES string of the molecule is COc1ccc(C(C)NCC(C)SC)cc1. The van der Waals surface area contributed by atoms with Crippen molar-refractivity contribution in [1.82, 2.24) is 5.32 Å². The number of hydrogen-bond acceptors (Lipinski definition) is 3. The molecule has 0 radical (unpaired) electrons. The summed E-state index contributed by atoms with van der Waals surface area (Å²) in [5.74, 6) is 0.911. The van der Waals surface area contributed by atoms with E-state index in [1.54, 1.807) is 7.11 Å². The third kappa shape index (κ3) is 4.06. The number of benzene rings is 1. The van der Waals surface area contributed by atoms with Gasteiger partial charge >= 0.3 is 0 Å². The van der Waals surface area contributed by atoms with Gasteiger partial charge in [-0.15, -0.1) is 0 Å². The Bertz CT molecular complexity index is 299. The van der Waals surface area contributed by atoms with Crippen LogP contribution in [0.2, 0.25) is 0 Å². The van der Waals surface area contributed by atoms with E-state index in [1.807, 2.05) is 23.9 Å². The summed E-state index contributed by atoms with van der Waals surface area (Å²) in [5, 5.41) is 4.18. The summed E-state index contributed by atoms with van der Waals surface area (Å²) in [6.45, 7) is 5.46. The molecular formula is C13H21NOS. The lowest BCUT2D eigenvalue weighted by atomic mass is 10.1. The van der Waals surface area contributed by atoms with Crippen molar-refractivity contribution in [2.75, 3.05) is 19.9 Å². The van der Waals surface area contributed by atoms with Gasteiger partial charge in [0.25, 0.3) is 0 Å². The molecular weight excluding hydrogens is 218 g/mol. The first-order valence-corrected chi connectivity index (χ1v) is 6.86. The molecule has 0 saturated carbocycles. The number of hydrogen-bond donors (Lipinski definition) is 1. The highest BCUT2D eigenvalue weighted by molar-refractivity contribution is 7.99.